The van der Waals surface area contributed by atoms with E-state index in [0.29, 0.717) is 0 Å². The average Bonchev–Trinajstić information content (AvgIpc) is 1.00. The third-order valence-electron chi connectivity index (χ3n) is 0. The van der Waals surface area contributed by atoms with E-state index < -0.39 is 0 Å². The van der Waals surface area contributed by atoms with Gasteiger partial charge in [0, 0.05) is 0 Å². The minimum atomic E-state index is 0. The first kappa shape index (κ1) is 18.8. The van der Waals surface area contributed by atoms with Crippen molar-refractivity contribution in [3.05, 3.63) is 0 Å². The van der Waals surface area contributed by atoms with E-state index >= 15 is 0 Å². The van der Waals surface area contributed by atoms with Crippen molar-refractivity contribution < 1.29 is 4.57 Å². The van der Waals surface area contributed by atoms with Gasteiger partial charge in [-0.3, -0.25) is 4.57 Å². The molecule has 0 saturated carbocycles. The van der Waals surface area contributed by atoms with Crippen LogP contribution in [0.4, 0.5) is 0 Å². The van der Waals surface area contributed by atoms with Crippen molar-refractivity contribution in [3.8, 4) is 0 Å². The summed E-state index contributed by atoms with van der Waals surface area (Å²) in [6.45, 7) is 0. The van der Waals surface area contributed by atoms with Crippen molar-refractivity contribution in [1.82, 2.24) is 0 Å². The summed E-state index contributed by atoms with van der Waals surface area (Å²) in [6, 6.07) is 0. The Morgan fingerprint density at radius 3 is 1.25 bits per heavy atom. The standard InChI is InChI=1S/Al.Li.HOP.4H/c;;1-2;;;;/h;;2H;;;;. The van der Waals surface area contributed by atoms with E-state index in [4.69, 9.17) is 4.57 Å². The van der Waals surface area contributed by atoms with Crippen LogP contribution in [0.3, 0.4) is 0 Å². The summed E-state index contributed by atoms with van der Waals surface area (Å²) < 4.78 is 8.06. The first-order valence-corrected chi connectivity index (χ1v) is 0.612. The van der Waals surface area contributed by atoms with Crippen molar-refractivity contribution >= 4 is 45.3 Å². The zero-order valence-corrected chi connectivity index (χ0v) is 1.91. The third kappa shape index (κ3) is 10.6. The van der Waals surface area contributed by atoms with Crippen molar-refractivity contribution in [1.29, 1.82) is 0 Å². The van der Waals surface area contributed by atoms with E-state index in [-0.39, 0.29) is 36.2 Å². The van der Waals surface area contributed by atoms with E-state index in [2.05, 4.69) is 0 Å². The van der Waals surface area contributed by atoms with Gasteiger partial charge in [0.2, 0.25) is 0 Å². The summed E-state index contributed by atoms with van der Waals surface area (Å²) in [5.41, 5.74) is 0. The molecule has 4 heteroatoms. The SMILES string of the molecule is O=P.[AlH3].[LiH]. The Morgan fingerprint density at radius 2 is 1.25 bits per heavy atom. The fourth-order valence-corrected chi connectivity index (χ4v) is 0. The molecule has 0 atom stereocenters. The molecule has 1 nitrogen and oxygen atoms in total. The second-order valence-corrected chi connectivity index (χ2v) is 0. The second-order valence-electron chi connectivity index (χ2n) is 0. The van der Waals surface area contributed by atoms with Gasteiger partial charge in [-0.15, -0.1) is 0 Å². The molecule has 0 aliphatic carbocycles. The maximum atomic E-state index is 8.06. The summed E-state index contributed by atoms with van der Waals surface area (Å²) >= 11 is 0. The summed E-state index contributed by atoms with van der Waals surface area (Å²) in [4.78, 5) is 0. The van der Waals surface area contributed by atoms with Crippen LogP contribution in [0.25, 0.3) is 0 Å². The monoisotopic (exact) mass is 86.0 g/mol. The van der Waals surface area contributed by atoms with Crippen molar-refractivity contribution in [2.75, 3.05) is 0 Å². The molecule has 0 fully saturated rings. The molecule has 0 heterocycles. The van der Waals surface area contributed by atoms with E-state index in [1.54, 1.807) is 9.12 Å². The molecular weight excluding hydrogens is 80.9 g/mol. The van der Waals surface area contributed by atoms with Gasteiger partial charge in [0.25, 0.3) is 0 Å². The predicted molar refractivity (Wildman–Crippen MR) is 26.1 cm³/mol. The van der Waals surface area contributed by atoms with Crippen LogP contribution in [0.1, 0.15) is 0 Å². The van der Waals surface area contributed by atoms with Gasteiger partial charge in [-0.1, -0.05) is 0 Å². The molecule has 20 valence electrons. The number of rotatable bonds is 0. The van der Waals surface area contributed by atoms with Gasteiger partial charge in [-0.05, 0) is 0 Å². The minimum absolute atomic E-state index is 0. The summed E-state index contributed by atoms with van der Waals surface area (Å²) in [5, 5.41) is 0. The van der Waals surface area contributed by atoms with Crippen LogP contribution in [0, 0.1) is 0 Å². The number of hydrogen-bond donors (Lipinski definition) is 0. The van der Waals surface area contributed by atoms with Crippen LogP contribution >= 0.6 is 9.12 Å². The normalized spacial score (nSPS) is 1.00. The molecule has 0 aliphatic heterocycles. The van der Waals surface area contributed by atoms with Crippen LogP contribution in [-0.2, 0) is 4.57 Å². The number of hydrogen-bond acceptors (Lipinski definition) is 1. The summed E-state index contributed by atoms with van der Waals surface area (Å²) in [5.74, 6) is 0. The molecule has 0 unspecified atom stereocenters. The molecule has 0 N–H and O–H groups in total. The van der Waals surface area contributed by atoms with Gasteiger partial charge >= 0.3 is 18.9 Å². The van der Waals surface area contributed by atoms with Crippen LogP contribution in [-0.4, -0.2) is 36.2 Å². The van der Waals surface area contributed by atoms with Crippen LogP contribution < -0.4 is 0 Å². The molecule has 0 saturated heterocycles. The van der Waals surface area contributed by atoms with Gasteiger partial charge < -0.3 is 0 Å². The van der Waals surface area contributed by atoms with Crippen LogP contribution in [0.15, 0.2) is 0 Å². The zero-order valence-electron chi connectivity index (χ0n) is 0.908. The van der Waals surface area contributed by atoms with Crippen LogP contribution in [0.5, 0.6) is 0 Å². The predicted octanol–water partition coefficient (Wildman–Crippen LogP) is -1.36. The van der Waals surface area contributed by atoms with E-state index in [0.717, 1.165) is 0 Å². The molecule has 0 aromatic carbocycles. The summed E-state index contributed by atoms with van der Waals surface area (Å²) in [7, 11) is 1.72. The fraction of sp³-hybridized carbons (Fsp3) is 0. The Morgan fingerprint density at radius 1 is 1.25 bits per heavy atom. The Balaban J connectivity index is -0.00000000500. The average molecular weight is 85.9 g/mol. The van der Waals surface area contributed by atoms with Gasteiger partial charge in [0.1, 0.15) is 9.12 Å². The molecule has 0 aromatic heterocycles. The van der Waals surface area contributed by atoms with Gasteiger partial charge in [0.15, 0.2) is 17.4 Å². The van der Waals surface area contributed by atoms with E-state index in [1.165, 1.54) is 0 Å². The summed E-state index contributed by atoms with van der Waals surface area (Å²) in [6.07, 6.45) is 0. The Hall–Kier alpha value is 1.23. The van der Waals surface area contributed by atoms with Gasteiger partial charge in [-0.25, -0.2) is 0 Å². The van der Waals surface area contributed by atoms with E-state index in [1.807, 2.05) is 0 Å². The molecule has 0 amide bonds. The zero-order chi connectivity index (χ0) is 2.00. The first-order chi connectivity index (χ1) is 1.00. The second kappa shape index (κ2) is 29.2. The van der Waals surface area contributed by atoms with Gasteiger partial charge in [0.05, 0.1) is 0 Å². The molecule has 4 heavy (non-hydrogen) atoms. The third-order valence-corrected chi connectivity index (χ3v) is 0. The Labute approximate surface area is 50.1 Å². The van der Waals surface area contributed by atoms with Gasteiger partial charge in [-0.2, -0.15) is 0 Å². The molecule has 0 spiro atoms. The molecule has 0 aromatic rings. The van der Waals surface area contributed by atoms with Crippen molar-refractivity contribution in [3.63, 3.8) is 0 Å². The molecule has 0 radical (unpaired) electrons. The first-order valence-electron chi connectivity index (χ1n) is 0.204. The molecular formula is H5AlLiOP. The fourth-order valence-electron chi connectivity index (χ4n) is 0. The Bertz CT molecular complexity index is 8.00. The maximum absolute atomic E-state index is 8.06. The quantitative estimate of drug-likeness (QED) is 0.263. The van der Waals surface area contributed by atoms with Crippen molar-refractivity contribution in [2.24, 2.45) is 0 Å². The van der Waals surface area contributed by atoms with Crippen molar-refractivity contribution in [2.45, 2.75) is 0 Å². The Kier molecular flexibility index (Phi) is 137. The topological polar surface area (TPSA) is 17.1 Å². The molecule has 0 rings (SSSR count). The molecule has 0 bridgehead atoms. The van der Waals surface area contributed by atoms with E-state index in [9.17, 15) is 0 Å². The van der Waals surface area contributed by atoms with Crippen LogP contribution in [0.2, 0.25) is 0 Å². The molecule has 0 aliphatic rings.